The molecule has 0 unspecified atom stereocenters. The molecular formula is C11H5BrF2N4O3. The van der Waals surface area contributed by atoms with Crippen LogP contribution < -0.4 is 5.32 Å². The quantitative estimate of drug-likeness (QED) is 0.671. The zero-order valence-electron chi connectivity index (χ0n) is 10.0. The molecule has 0 aliphatic rings. The minimum Gasteiger partial charge on any atom is -0.305 e. The number of rotatable bonds is 3. The molecule has 1 aromatic carbocycles. The Balaban J connectivity index is 2.36. The van der Waals surface area contributed by atoms with Gasteiger partial charge in [-0.1, -0.05) is 0 Å². The van der Waals surface area contributed by atoms with Crippen LogP contribution in [0.15, 0.2) is 29.1 Å². The van der Waals surface area contributed by atoms with Crippen molar-refractivity contribution in [3.63, 3.8) is 0 Å². The summed E-state index contributed by atoms with van der Waals surface area (Å²) in [6.45, 7) is 0. The van der Waals surface area contributed by atoms with Crippen LogP contribution in [0.5, 0.6) is 0 Å². The highest BCUT2D eigenvalue weighted by molar-refractivity contribution is 9.10. The van der Waals surface area contributed by atoms with Crippen molar-refractivity contribution in [2.45, 2.75) is 0 Å². The Hall–Kier alpha value is -2.49. The van der Waals surface area contributed by atoms with E-state index >= 15 is 0 Å². The van der Waals surface area contributed by atoms with Crippen LogP contribution in [0.25, 0.3) is 0 Å². The van der Waals surface area contributed by atoms with Gasteiger partial charge in [-0.05, 0) is 22.0 Å². The summed E-state index contributed by atoms with van der Waals surface area (Å²) in [6.07, 6.45) is 2.48. The highest BCUT2D eigenvalue weighted by atomic mass is 79.9. The Morgan fingerprint density at radius 1 is 1.24 bits per heavy atom. The molecule has 2 rings (SSSR count). The molecule has 0 saturated heterocycles. The molecule has 0 aliphatic carbocycles. The first-order valence-electron chi connectivity index (χ1n) is 5.31. The van der Waals surface area contributed by atoms with Crippen LogP contribution in [-0.2, 0) is 0 Å². The average Bonchev–Trinajstić information content (AvgIpc) is 2.43. The lowest BCUT2D eigenvalue weighted by molar-refractivity contribution is -0.385. The summed E-state index contributed by atoms with van der Waals surface area (Å²) in [7, 11) is 0. The normalized spacial score (nSPS) is 10.2. The van der Waals surface area contributed by atoms with Gasteiger partial charge in [-0.15, -0.1) is 0 Å². The van der Waals surface area contributed by atoms with Crippen molar-refractivity contribution in [3.05, 3.63) is 56.4 Å². The third kappa shape index (κ3) is 3.34. The van der Waals surface area contributed by atoms with Crippen LogP contribution in [0.4, 0.5) is 20.3 Å². The van der Waals surface area contributed by atoms with Gasteiger partial charge in [-0.25, -0.2) is 18.7 Å². The molecule has 0 spiro atoms. The molecule has 0 saturated carbocycles. The van der Waals surface area contributed by atoms with Gasteiger partial charge in [-0.2, -0.15) is 0 Å². The molecule has 10 heteroatoms. The summed E-state index contributed by atoms with van der Waals surface area (Å²) in [5, 5.41) is 13.0. The van der Waals surface area contributed by atoms with Crippen LogP contribution in [0.2, 0.25) is 0 Å². The number of carbonyl (C=O) groups is 1. The molecule has 1 aromatic heterocycles. The molecule has 1 N–H and O–H groups in total. The van der Waals surface area contributed by atoms with E-state index in [0.717, 1.165) is 0 Å². The Labute approximate surface area is 124 Å². The molecule has 1 amide bonds. The second kappa shape index (κ2) is 5.87. The maximum absolute atomic E-state index is 13.2. The summed E-state index contributed by atoms with van der Waals surface area (Å²) in [5.41, 5.74) is -1.47. The van der Waals surface area contributed by atoms with Gasteiger partial charge >= 0.3 is 0 Å². The summed E-state index contributed by atoms with van der Waals surface area (Å²) in [5.74, 6) is -3.78. The van der Waals surface area contributed by atoms with E-state index < -0.39 is 33.7 Å². The van der Waals surface area contributed by atoms with Gasteiger partial charge in [0.05, 0.1) is 23.4 Å². The van der Waals surface area contributed by atoms with Crippen molar-refractivity contribution in [2.75, 3.05) is 5.32 Å². The number of hydrogen-bond acceptors (Lipinski definition) is 5. The number of nitrogens with one attached hydrogen (secondary N) is 1. The number of carbonyl (C=O) groups excluding carboxylic acids is 1. The second-order valence-corrected chi connectivity index (χ2v) is 4.53. The number of halogens is 3. The molecule has 1 heterocycles. The topological polar surface area (TPSA) is 98.0 Å². The van der Waals surface area contributed by atoms with Crippen LogP contribution in [0.1, 0.15) is 10.4 Å². The number of aromatic nitrogens is 2. The molecule has 2 aromatic rings. The molecule has 0 radical (unpaired) electrons. The standard InChI is InChI=1S/C11H5BrF2N4O3/c12-9-3-16-10(4-15-9)17-11(19)5-1-6(13)7(14)2-8(5)18(20)21/h1-4H,(H,16,17,19). The minimum absolute atomic E-state index is 0.00207. The molecule has 0 atom stereocenters. The predicted molar refractivity (Wildman–Crippen MR) is 70.7 cm³/mol. The minimum atomic E-state index is -1.42. The van der Waals surface area contributed by atoms with Crippen molar-refractivity contribution in [1.82, 2.24) is 9.97 Å². The fraction of sp³-hybridized carbons (Fsp3) is 0. The number of nitro benzene ring substituents is 1. The SMILES string of the molecule is O=C(Nc1cnc(Br)cn1)c1cc(F)c(F)cc1[N+](=O)[O-]. The molecule has 108 valence electrons. The smallest absolute Gasteiger partial charge is 0.285 e. The molecular weight excluding hydrogens is 354 g/mol. The van der Waals surface area contributed by atoms with Crippen molar-refractivity contribution >= 4 is 33.3 Å². The molecule has 0 fully saturated rings. The van der Waals surface area contributed by atoms with Gasteiger partial charge in [0.2, 0.25) is 0 Å². The number of nitro groups is 1. The average molecular weight is 359 g/mol. The fourth-order valence-corrected chi connectivity index (χ4v) is 1.63. The number of benzene rings is 1. The molecule has 7 nitrogen and oxygen atoms in total. The fourth-order valence-electron chi connectivity index (χ4n) is 1.43. The lowest BCUT2D eigenvalue weighted by atomic mass is 10.1. The van der Waals surface area contributed by atoms with E-state index in [9.17, 15) is 23.7 Å². The molecule has 21 heavy (non-hydrogen) atoms. The Bertz CT molecular complexity index is 724. The first-order chi connectivity index (χ1) is 9.88. The van der Waals surface area contributed by atoms with E-state index in [0.29, 0.717) is 16.7 Å². The number of nitrogens with zero attached hydrogens (tertiary/aromatic N) is 3. The lowest BCUT2D eigenvalue weighted by Gasteiger charge is -2.05. The second-order valence-electron chi connectivity index (χ2n) is 3.72. The highest BCUT2D eigenvalue weighted by Crippen LogP contribution is 2.23. The summed E-state index contributed by atoms with van der Waals surface area (Å²) in [4.78, 5) is 29.3. The largest absolute Gasteiger partial charge is 0.305 e. The maximum atomic E-state index is 13.2. The van der Waals surface area contributed by atoms with Gasteiger partial charge in [0.25, 0.3) is 11.6 Å². The lowest BCUT2D eigenvalue weighted by Crippen LogP contribution is -2.15. The van der Waals surface area contributed by atoms with Gasteiger partial charge < -0.3 is 5.32 Å². The van der Waals surface area contributed by atoms with Gasteiger partial charge in [0.1, 0.15) is 10.2 Å². The zero-order valence-corrected chi connectivity index (χ0v) is 11.6. The van der Waals surface area contributed by atoms with Crippen LogP contribution in [0.3, 0.4) is 0 Å². The third-order valence-corrected chi connectivity index (χ3v) is 2.75. The van der Waals surface area contributed by atoms with E-state index in [1.807, 2.05) is 0 Å². The van der Waals surface area contributed by atoms with Crippen LogP contribution in [0, 0.1) is 21.7 Å². The summed E-state index contributed by atoms with van der Waals surface area (Å²) >= 11 is 3.04. The summed E-state index contributed by atoms with van der Waals surface area (Å²) < 4.78 is 26.6. The first-order valence-corrected chi connectivity index (χ1v) is 6.10. The van der Waals surface area contributed by atoms with Crippen molar-refractivity contribution < 1.29 is 18.5 Å². The number of amides is 1. The number of anilines is 1. The zero-order chi connectivity index (χ0) is 15.6. The first kappa shape index (κ1) is 14.9. The van der Waals surface area contributed by atoms with E-state index in [1.165, 1.54) is 12.4 Å². The van der Waals surface area contributed by atoms with E-state index in [2.05, 4.69) is 31.2 Å². The van der Waals surface area contributed by atoms with E-state index in [-0.39, 0.29) is 5.82 Å². The summed E-state index contributed by atoms with van der Waals surface area (Å²) in [6, 6.07) is 0.798. The monoisotopic (exact) mass is 358 g/mol. The molecule has 0 aliphatic heterocycles. The van der Waals surface area contributed by atoms with Crippen LogP contribution >= 0.6 is 15.9 Å². The molecule has 0 bridgehead atoms. The Morgan fingerprint density at radius 3 is 2.48 bits per heavy atom. The van der Waals surface area contributed by atoms with Gasteiger partial charge in [0, 0.05) is 0 Å². The van der Waals surface area contributed by atoms with Gasteiger partial charge in [0.15, 0.2) is 17.5 Å². The Morgan fingerprint density at radius 2 is 1.90 bits per heavy atom. The number of hydrogen-bond donors (Lipinski definition) is 1. The highest BCUT2D eigenvalue weighted by Gasteiger charge is 2.24. The van der Waals surface area contributed by atoms with Crippen molar-refractivity contribution in [2.24, 2.45) is 0 Å². The predicted octanol–water partition coefficient (Wildman–Crippen LogP) is 2.68. The van der Waals surface area contributed by atoms with E-state index in [1.54, 1.807) is 0 Å². The van der Waals surface area contributed by atoms with Crippen molar-refractivity contribution in [1.29, 1.82) is 0 Å². The third-order valence-electron chi connectivity index (χ3n) is 2.34. The van der Waals surface area contributed by atoms with Crippen molar-refractivity contribution in [3.8, 4) is 0 Å². The van der Waals surface area contributed by atoms with Crippen LogP contribution in [-0.4, -0.2) is 20.8 Å². The Kier molecular flexibility index (Phi) is 4.17. The van der Waals surface area contributed by atoms with E-state index in [4.69, 9.17) is 0 Å². The maximum Gasteiger partial charge on any atom is 0.285 e. The van der Waals surface area contributed by atoms with Gasteiger partial charge in [-0.3, -0.25) is 14.9 Å².